The van der Waals surface area contributed by atoms with Gasteiger partial charge in [0.2, 0.25) is 5.82 Å². The van der Waals surface area contributed by atoms with Crippen molar-refractivity contribution in [2.75, 3.05) is 67.7 Å². The van der Waals surface area contributed by atoms with E-state index in [1.807, 2.05) is 36.0 Å². The molecule has 0 spiro atoms. The van der Waals surface area contributed by atoms with E-state index in [2.05, 4.69) is 10.3 Å². The van der Waals surface area contributed by atoms with Crippen LogP contribution in [0.3, 0.4) is 0 Å². The number of hydrogen-bond donors (Lipinski definition) is 1. The fourth-order valence-corrected chi connectivity index (χ4v) is 5.12. The second-order valence-electron chi connectivity index (χ2n) is 9.37. The summed E-state index contributed by atoms with van der Waals surface area (Å²) in [6.07, 6.45) is -4.43. The monoisotopic (exact) mass is 564 g/mol. The number of pyridine rings is 1. The number of furan rings is 1. The second kappa shape index (κ2) is 12.6. The zero-order valence-corrected chi connectivity index (χ0v) is 22.6. The van der Waals surface area contributed by atoms with Gasteiger partial charge in [0.15, 0.2) is 0 Å². The van der Waals surface area contributed by atoms with Gasteiger partial charge >= 0.3 is 11.9 Å². The standard InChI is InChI=1S/C26H31F3N6O3S/c1-32(2)17-19-7-8-20(38-19)18-39-16-11-30-25-23(35(36)37)9-10-24(31-25)34-14-12-33(13-15-34)22-6-4-3-5-21(22)26(27,28)29/h3-10H,11-18H2,1-2H3,(H,30,31). The van der Waals surface area contributed by atoms with Crippen molar-refractivity contribution in [1.29, 1.82) is 0 Å². The maximum Gasteiger partial charge on any atom is 0.418 e. The Labute approximate surface area is 229 Å². The molecule has 1 aromatic carbocycles. The Morgan fingerprint density at radius 3 is 2.44 bits per heavy atom. The number of nitro groups is 1. The summed E-state index contributed by atoms with van der Waals surface area (Å²) in [6, 6.07) is 12.5. The van der Waals surface area contributed by atoms with E-state index in [4.69, 9.17) is 4.42 Å². The third-order valence-corrected chi connectivity index (χ3v) is 7.16. The molecule has 0 bridgehead atoms. The first-order valence-corrected chi connectivity index (χ1v) is 13.6. The highest BCUT2D eigenvalue weighted by Crippen LogP contribution is 2.37. The van der Waals surface area contributed by atoms with Crippen molar-refractivity contribution >= 4 is 34.8 Å². The molecule has 1 aliphatic rings. The molecule has 0 atom stereocenters. The summed E-state index contributed by atoms with van der Waals surface area (Å²) in [5.74, 6) is 3.87. The lowest BCUT2D eigenvalue weighted by Crippen LogP contribution is -2.47. The predicted molar refractivity (Wildman–Crippen MR) is 148 cm³/mol. The maximum atomic E-state index is 13.5. The molecular weight excluding hydrogens is 533 g/mol. The molecule has 1 N–H and O–H groups in total. The highest BCUT2D eigenvalue weighted by Gasteiger charge is 2.35. The van der Waals surface area contributed by atoms with Crippen molar-refractivity contribution in [3.63, 3.8) is 0 Å². The van der Waals surface area contributed by atoms with Crippen LogP contribution in [0.15, 0.2) is 52.9 Å². The molecular formula is C26H31F3N6O3S. The number of anilines is 3. The molecule has 4 rings (SSSR count). The van der Waals surface area contributed by atoms with E-state index < -0.39 is 16.7 Å². The first-order chi connectivity index (χ1) is 18.6. The highest BCUT2D eigenvalue weighted by molar-refractivity contribution is 7.98. The minimum atomic E-state index is -4.43. The van der Waals surface area contributed by atoms with Crippen LogP contribution >= 0.6 is 11.8 Å². The van der Waals surface area contributed by atoms with E-state index in [1.54, 1.807) is 28.8 Å². The van der Waals surface area contributed by atoms with Gasteiger partial charge in [-0.3, -0.25) is 10.1 Å². The van der Waals surface area contributed by atoms with Crippen LogP contribution < -0.4 is 15.1 Å². The molecule has 1 fully saturated rings. The summed E-state index contributed by atoms with van der Waals surface area (Å²) in [5.41, 5.74) is -0.622. The van der Waals surface area contributed by atoms with Crippen LogP contribution in [0.25, 0.3) is 0 Å². The predicted octanol–water partition coefficient (Wildman–Crippen LogP) is 5.34. The summed E-state index contributed by atoms with van der Waals surface area (Å²) in [6.45, 7) is 2.81. The molecule has 3 aromatic rings. The molecule has 3 heterocycles. The minimum Gasteiger partial charge on any atom is -0.464 e. The molecule has 0 radical (unpaired) electrons. The van der Waals surface area contributed by atoms with Crippen LogP contribution in [-0.4, -0.2) is 67.4 Å². The van der Waals surface area contributed by atoms with Crippen LogP contribution in [-0.2, 0) is 18.5 Å². The maximum absolute atomic E-state index is 13.5. The van der Waals surface area contributed by atoms with Gasteiger partial charge in [0.1, 0.15) is 17.3 Å². The van der Waals surface area contributed by atoms with Gasteiger partial charge in [-0.05, 0) is 44.4 Å². The quantitative estimate of drug-likeness (QED) is 0.188. The summed E-state index contributed by atoms with van der Waals surface area (Å²) in [7, 11) is 3.95. The number of nitrogens with zero attached hydrogens (tertiary/aromatic N) is 5. The van der Waals surface area contributed by atoms with E-state index in [9.17, 15) is 23.3 Å². The van der Waals surface area contributed by atoms with Crippen LogP contribution in [0.4, 0.5) is 36.2 Å². The van der Waals surface area contributed by atoms with Gasteiger partial charge in [-0.2, -0.15) is 24.9 Å². The number of benzene rings is 1. The van der Waals surface area contributed by atoms with Crippen molar-refractivity contribution in [3.8, 4) is 0 Å². The smallest absolute Gasteiger partial charge is 0.418 e. The molecule has 0 amide bonds. The van der Waals surface area contributed by atoms with Crippen molar-refractivity contribution in [2.24, 2.45) is 0 Å². The zero-order chi connectivity index (χ0) is 28.0. The number of halogens is 3. The molecule has 2 aromatic heterocycles. The Kier molecular flexibility index (Phi) is 9.23. The molecule has 0 aliphatic carbocycles. The molecule has 0 unspecified atom stereocenters. The Hall–Kier alpha value is -3.45. The van der Waals surface area contributed by atoms with E-state index in [-0.39, 0.29) is 17.2 Å². The van der Waals surface area contributed by atoms with Crippen molar-refractivity contribution < 1.29 is 22.5 Å². The van der Waals surface area contributed by atoms with Crippen molar-refractivity contribution in [1.82, 2.24) is 9.88 Å². The van der Waals surface area contributed by atoms with Crippen LogP contribution in [0.1, 0.15) is 17.1 Å². The summed E-state index contributed by atoms with van der Waals surface area (Å²) < 4.78 is 46.2. The largest absolute Gasteiger partial charge is 0.464 e. The molecule has 210 valence electrons. The van der Waals surface area contributed by atoms with Gasteiger partial charge in [0, 0.05) is 50.2 Å². The van der Waals surface area contributed by atoms with E-state index in [0.29, 0.717) is 50.0 Å². The second-order valence-corrected chi connectivity index (χ2v) is 10.5. The van der Waals surface area contributed by atoms with Gasteiger partial charge in [0.25, 0.3) is 0 Å². The fraction of sp³-hybridized carbons (Fsp3) is 0.423. The molecule has 39 heavy (non-hydrogen) atoms. The van der Waals surface area contributed by atoms with E-state index >= 15 is 0 Å². The minimum absolute atomic E-state index is 0.124. The van der Waals surface area contributed by atoms with E-state index in [1.165, 1.54) is 18.2 Å². The first-order valence-electron chi connectivity index (χ1n) is 12.5. The van der Waals surface area contributed by atoms with Crippen LogP contribution in [0.2, 0.25) is 0 Å². The third kappa shape index (κ3) is 7.57. The molecule has 1 aliphatic heterocycles. The number of rotatable bonds is 11. The topological polar surface area (TPSA) is 90.9 Å². The first kappa shape index (κ1) is 28.6. The number of thioether (sulfide) groups is 1. The Morgan fingerprint density at radius 1 is 1.05 bits per heavy atom. The molecule has 13 heteroatoms. The molecule has 1 saturated heterocycles. The van der Waals surface area contributed by atoms with Gasteiger partial charge in [-0.15, -0.1) is 0 Å². The SMILES string of the molecule is CN(C)Cc1ccc(CSCCNc2nc(N3CCN(c4ccccc4C(F)(F)F)CC3)ccc2[N+](=O)[O-])o1. The van der Waals surface area contributed by atoms with Crippen molar-refractivity contribution in [2.45, 2.75) is 18.5 Å². The summed E-state index contributed by atoms with van der Waals surface area (Å²) in [4.78, 5) is 21.3. The lowest BCUT2D eigenvalue weighted by Gasteiger charge is -2.37. The highest BCUT2D eigenvalue weighted by atomic mass is 32.2. The number of hydrogen-bond acceptors (Lipinski definition) is 9. The normalized spacial score (nSPS) is 14.2. The van der Waals surface area contributed by atoms with Gasteiger partial charge < -0.3 is 24.4 Å². The lowest BCUT2D eigenvalue weighted by molar-refractivity contribution is -0.384. The van der Waals surface area contributed by atoms with E-state index in [0.717, 1.165) is 24.1 Å². The summed E-state index contributed by atoms with van der Waals surface area (Å²) in [5, 5.41) is 14.6. The van der Waals surface area contributed by atoms with Crippen LogP contribution in [0.5, 0.6) is 0 Å². The van der Waals surface area contributed by atoms with Crippen molar-refractivity contribution in [3.05, 3.63) is 75.7 Å². The van der Waals surface area contributed by atoms with Gasteiger partial charge in [-0.1, -0.05) is 12.1 Å². The Morgan fingerprint density at radius 2 is 1.74 bits per heavy atom. The summed E-state index contributed by atoms with van der Waals surface area (Å²) >= 11 is 1.64. The number of alkyl halides is 3. The number of aromatic nitrogens is 1. The van der Waals surface area contributed by atoms with Gasteiger partial charge in [-0.25, -0.2) is 4.98 Å². The number of nitrogens with one attached hydrogen (secondary N) is 1. The third-order valence-electron chi connectivity index (χ3n) is 6.18. The van der Waals surface area contributed by atoms with Gasteiger partial charge in [0.05, 0.1) is 22.8 Å². The lowest BCUT2D eigenvalue weighted by atomic mass is 10.1. The number of para-hydroxylation sites is 1. The Bertz CT molecular complexity index is 1260. The molecule has 9 nitrogen and oxygen atoms in total. The fourth-order valence-electron chi connectivity index (χ4n) is 4.37. The molecule has 0 saturated carbocycles. The average molecular weight is 565 g/mol. The average Bonchev–Trinajstić information content (AvgIpc) is 3.34. The van der Waals surface area contributed by atoms with Crippen LogP contribution in [0, 0.1) is 10.1 Å². The Balaban J connectivity index is 1.33. The zero-order valence-electron chi connectivity index (χ0n) is 21.8. The number of piperazine rings is 1.